The van der Waals surface area contributed by atoms with Crippen LogP contribution in [-0.4, -0.2) is 20.1 Å². The van der Waals surface area contributed by atoms with Gasteiger partial charge in [-0.15, -0.1) is 11.3 Å². The highest BCUT2D eigenvalue weighted by atomic mass is 79.9. The second-order valence-electron chi connectivity index (χ2n) is 3.83. The summed E-state index contributed by atoms with van der Waals surface area (Å²) in [7, 11) is -3.59. The zero-order chi connectivity index (χ0) is 13.9. The maximum atomic E-state index is 12.0. The minimum Gasteiger partial charge on any atom is -0.387 e. The van der Waals surface area contributed by atoms with Crippen LogP contribution in [0, 0.1) is 0 Å². The van der Waals surface area contributed by atoms with E-state index in [0.717, 1.165) is 11.3 Å². The molecule has 2 rings (SSSR count). The largest absolute Gasteiger partial charge is 0.387 e. The van der Waals surface area contributed by atoms with Crippen LogP contribution in [0.5, 0.6) is 0 Å². The number of hydrogen-bond donors (Lipinski definition) is 2. The summed E-state index contributed by atoms with van der Waals surface area (Å²) in [5.74, 6) is 0. The van der Waals surface area contributed by atoms with E-state index < -0.39 is 16.1 Å². The van der Waals surface area contributed by atoms with E-state index in [2.05, 4.69) is 20.7 Å². The molecule has 1 unspecified atom stereocenters. The molecular formula is C12H12BrNO3S2. The molecular weight excluding hydrogens is 350 g/mol. The van der Waals surface area contributed by atoms with Crippen LogP contribution in [0.3, 0.4) is 0 Å². The molecule has 4 nitrogen and oxygen atoms in total. The van der Waals surface area contributed by atoms with Crippen molar-refractivity contribution in [3.63, 3.8) is 0 Å². The molecule has 0 aliphatic heterocycles. The minimum absolute atomic E-state index is 0.0588. The molecule has 1 atom stereocenters. The summed E-state index contributed by atoms with van der Waals surface area (Å²) in [6, 6.07) is 10.6. The lowest BCUT2D eigenvalue weighted by Gasteiger charge is -2.12. The van der Waals surface area contributed by atoms with Gasteiger partial charge in [-0.05, 0) is 32.9 Å². The molecule has 0 radical (unpaired) electrons. The predicted octanol–water partition coefficient (Wildman–Crippen LogP) is 2.52. The van der Waals surface area contributed by atoms with Crippen LogP contribution in [0.25, 0.3) is 0 Å². The summed E-state index contributed by atoms with van der Waals surface area (Å²) >= 11 is 4.31. The van der Waals surface area contributed by atoms with Gasteiger partial charge in [-0.1, -0.05) is 30.3 Å². The smallest absolute Gasteiger partial charge is 0.251 e. The Morgan fingerprint density at radius 2 is 1.95 bits per heavy atom. The van der Waals surface area contributed by atoms with Crippen molar-refractivity contribution in [2.24, 2.45) is 0 Å². The second-order valence-corrected chi connectivity index (χ2v) is 7.57. The van der Waals surface area contributed by atoms with E-state index >= 15 is 0 Å². The Hall–Kier alpha value is -0.730. The first-order valence-corrected chi connectivity index (χ1v) is 8.62. The lowest BCUT2D eigenvalue weighted by atomic mass is 10.1. The number of nitrogens with one attached hydrogen (secondary N) is 1. The molecule has 0 saturated heterocycles. The maximum Gasteiger partial charge on any atom is 0.251 e. The third-order valence-electron chi connectivity index (χ3n) is 2.48. The van der Waals surface area contributed by atoms with E-state index in [1.54, 1.807) is 35.7 Å². The Balaban J connectivity index is 2.05. The number of rotatable bonds is 5. The first-order chi connectivity index (χ1) is 9.00. The van der Waals surface area contributed by atoms with Crippen molar-refractivity contribution >= 4 is 37.3 Å². The molecule has 2 aromatic rings. The molecule has 0 fully saturated rings. The number of benzene rings is 1. The average molecular weight is 362 g/mol. The van der Waals surface area contributed by atoms with Gasteiger partial charge in [0.1, 0.15) is 4.21 Å². The molecule has 102 valence electrons. The van der Waals surface area contributed by atoms with Crippen LogP contribution in [0.1, 0.15) is 11.7 Å². The summed E-state index contributed by atoms with van der Waals surface area (Å²) in [4.78, 5) is 0. The zero-order valence-electron chi connectivity index (χ0n) is 9.78. The number of aliphatic hydroxyl groups is 1. The van der Waals surface area contributed by atoms with Crippen LogP contribution in [-0.2, 0) is 10.0 Å². The number of halogens is 1. The van der Waals surface area contributed by atoms with Gasteiger partial charge in [0.15, 0.2) is 0 Å². The van der Waals surface area contributed by atoms with Gasteiger partial charge in [-0.3, -0.25) is 0 Å². The molecule has 0 aliphatic carbocycles. The number of thiophene rings is 1. The predicted molar refractivity (Wildman–Crippen MR) is 78.6 cm³/mol. The van der Waals surface area contributed by atoms with Gasteiger partial charge >= 0.3 is 0 Å². The third-order valence-corrected chi connectivity index (χ3v) is 6.57. The van der Waals surface area contributed by atoms with E-state index in [1.807, 2.05) is 6.07 Å². The van der Waals surface area contributed by atoms with Crippen molar-refractivity contribution in [2.75, 3.05) is 6.54 Å². The van der Waals surface area contributed by atoms with E-state index in [9.17, 15) is 13.5 Å². The van der Waals surface area contributed by atoms with Crippen molar-refractivity contribution in [2.45, 2.75) is 10.3 Å². The first-order valence-electron chi connectivity index (χ1n) is 5.46. The molecule has 0 bridgehead atoms. The minimum atomic E-state index is -3.59. The van der Waals surface area contributed by atoms with Gasteiger partial charge < -0.3 is 5.11 Å². The van der Waals surface area contributed by atoms with Crippen LogP contribution < -0.4 is 4.72 Å². The molecule has 1 heterocycles. The summed E-state index contributed by atoms with van der Waals surface area (Å²) in [5.41, 5.74) is 0.676. The molecule has 0 saturated carbocycles. The van der Waals surface area contributed by atoms with Crippen LogP contribution in [0.15, 0.2) is 50.5 Å². The molecule has 2 N–H and O–H groups in total. The highest BCUT2D eigenvalue weighted by molar-refractivity contribution is 9.10. The molecule has 0 spiro atoms. The van der Waals surface area contributed by atoms with Crippen molar-refractivity contribution in [1.29, 1.82) is 0 Å². The standard InChI is InChI=1S/C12H12BrNO3S2/c13-10-6-7-18-12(10)19(16,17)14-8-11(15)9-4-2-1-3-5-9/h1-7,11,14-15H,8H2. The monoisotopic (exact) mass is 361 g/mol. The van der Waals surface area contributed by atoms with Gasteiger partial charge in [0.25, 0.3) is 10.0 Å². The van der Waals surface area contributed by atoms with Gasteiger partial charge in [0.2, 0.25) is 0 Å². The molecule has 1 aromatic heterocycles. The second kappa shape index (κ2) is 6.15. The number of aliphatic hydroxyl groups excluding tert-OH is 1. The molecule has 1 aromatic carbocycles. The zero-order valence-corrected chi connectivity index (χ0v) is 13.0. The number of hydrogen-bond acceptors (Lipinski definition) is 4. The number of sulfonamides is 1. The van der Waals surface area contributed by atoms with E-state index in [0.29, 0.717) is 10.0 Å². The summed E-state index contributed by atoms with van der Waals surface area (Å²) in [6.45, 7) is -0.0588. The summed E-state index contributed by atoms with van der Waals surface area (Å²) in [5, 5.41) is 11.6. The molecule has 0 amide bonds. The third kappa shape index (κ3) is 3.64. The van der Waals surface area contributed by atoms with E-state index in [-0.39, 0.29) is 10.8 Å². The maximum absolute atomic E-state index is 12.0. The normalized spacial score (nSPS) is 13.4. The van der Waals surface area contributed by atoms with Crippen LogP contribution >= 0.6 is 27.3 Å². The quantitative estimate of drug-likeness (QED) is 0.859. The summed E-state index contributed by atoms with van der Waals surface area (Å²) < 4.78 is 27.2. The Kier molecular flexibility index (Phi) is 4.75. The van der Waals surface area contributed by atoms with Gasteiger partial charge in [0, 0.05) is 11.0 Å². The Morgan fingerprint density at radius 1 is 1.26 bits per heavy atom. The van der Waals surface area contributed by atoms with E-state index in [1.165, 1.54) is 0 Å². The fourth-order valence-corrected chi connectivity index (χ4v) is 4.94. The average Bonchev–Trinajstić information content (AvgIpc) is 2.84. The Morgan fingerprint density at radius 3 is 2.53 bits per heavy atom. The van der Waals surface area contributed by atoms with Crippen molar-refractivity contribution in [3.8, 4) is 0 Å². The Labute approximate surface area is 124 Å². The SMILES string of the molecule is O=S(=O)(NCC(O)c1ccccc1)c1sccc1Br. The van der Waals surface area contributed by atoms with Crippen molar-refractivity contribution in [1.82, 2.24) is 4.72 Å². The topological polar surface area (TPSA) is 66.4 Å². The first kappa shape index (κ1) is 14.7. The van der Waals surface area contributed by atoms with Crippen molar-refractivity contribution in [3.05, 3.63) is 51.8 Å². The van der Waals surface area contributed by atoms with Crippen LogP contribution in [0.4, 0.5) is 0 Å². The van der Waals surface area contributed by atoms with Gasteiger partial charge in [-0.2, -0.15) is 0 Å². The Bertz CT molecular complexity index is 640. The lowest BCUT2D eigenvalue weighted by molar-refractivity contribution is 0.182. The van der Waals surface area contributed by atoms with E-state index in [4.69, 9.17) is 0 Å². The molecule has 7 heteroatoms. The molecule has 0 aliphatic rings. The van der Waals surface area contributed by atoms with Gasteiger partial charge in [0.05, 0.1) is 6.10 Å². The summed E-state index contributed by atoms with van der Waals surface area (Å²) in [6.07, 6.45) is -0.866. The van der Waals surface area contributed by atoms with Crippen molar-refractivity contribution < 1.29 is 13.5 Å². The molecule has 19 heavy (non-hydrogen) atoms. The lowest BCUT2D eigenvalue weighted by Crippen LogP contribution is -2.28. The van der Waals surface area contributed by atoms with Crippen LogP contribution in [0.2, 0.25) is 0 Å². The fourth-order valence-electron chi connectivity index (χ4n) is 1.52. The highest BCUT2D eigenvalue weighted by Crippen LogP contribution is 2.27. The highest BCUT2D eigenvalue weighted by Gasteiger charge is 2.20. The van der Waals surface area contributed by atoms with Gasteiger partial charge in [-0.25, -0.2) is 13.1 Å². The fraction of sp³-hybridized carbons (Fsp3) is 0.167.